The molecular weight excluding hydrogens is 224 g/mol. The summed E-state index contributed by atoms with van der Waals surface area (Å²) in [6.45, 7) is 0. The Morgan fingerprint density at radius 1 is 1.70 bits per heavy atom. The molecule has 0 aliphatic heterocycles. The minimum Gasteiger partial charge on any atom is -0.352 e. The van der Waals surface area contributed by atoms with E-state index in [0.717, 1.165) is 6.20 Å². The highest BCUT2D eigenvalue weighted by molar-refractivity contribution is 9.10. The molecule has 0 radical (unpaired) electrons. The molecule has 1 rings (SSSR count). The third-order valence-electron chi connectivity index (χ3n) is 0.935. The van der Waals surface area contributed by atoms with E-state index >= 15 is 0 Å². The molecule has 1 aromatic heterocycles. The average Bonchev–Trinajstić information content (AvgIpc) is 1.93. The fourth-order valence-corrected chi connectivity index (χ4v) is 0.899. The molecule has 1 aromatic rings. The van der Waals surface area contributed by atoms with Crippen molar-refractivity contribution in [3.05, 3.63) is 31.9 Å². The summed E-state index contributed by atoms with van der Waals surface area (Å²) in [6, 6.07) is 0. The summed E-state index contributed by atoms with van der Waals surface area (Å²) >= 11 is 8.28. The smallest absolute Gasteiger partial charge is 0.236 e. The maximum absolute atomic E-state index is 12.3. The summed E-state index contributed by atoms with van der Waals surface area (Å²) in [4.78, 5) is 13.1. The van der Waals surface area contributed by atoms with Crippen LogP contribution in [0.15, 0.2) is 15.6 Å². The number of H-pyrrole nitrogens is 1. The normalized spacial score (nSPS) is 9.90. The van der Waals surface area contributed by atoms with Gasteiger partial charge in [-0.3, -0.25) is 4.79 Å². The van der Waals surface area contributed by atoms with E-state index < -0.39 is 11.2 Å². The summed E-state index contributed by atoms with van der Waals surface area (Å²) in [5.41, 5.74) is -0.799. The highest BCUT2D eigenvalue weighted by Crippen LogP contribution is 2.14. The number of rotatable bonds is 0. The van der Waals surface area contributed by atoms with Crippen LogP contribution in [-0.2, 0) is 0 Å². The topological polar surface area (TPSA) is 32.9 Å². The van der Waals surface area contributed by atoms with Crippen molar-refractivity contribution in [1.82, 2.24) is 4.98 Å². The van der Waals surface area contributed by atoms with Crippen molar-refractivity contribution in [2.45, 2.75) is 0 Å². The van der Waals surface area contributed by atoms with E-state index in [0.29, 0.717) is 4.60 Å². The van der Waals surface area contributed by atoms with Crippen LogP contribution in [0.3, 0.4) is 0 Å². The van der Waals surface area contributed by atoms with Crippen molar-refractivity contribution < 1.29 is 4.39 Å². The minimum absolute atomic E-state index is 0.167. The Morgan fingerprint density at radius 3 is 2.80 bits per heavy atom. The summed E-state index contributed by atoms with van der Waals surface area (Å²) in [7, 11) is 0. The van der Waals surface area contributed by atoms with Crippen LogP contribution >= 0.6 is 27.5 Å². The molecule has 0 spiro atoms. The van der Waals surface area contributed by atoms with Gasteiger partial charge >= 0.3 is 0 Å². The lowest BCUT2D eigenvalue weighted by molar-refractivity contribution is 0.610. The van der Waals surface area contributed by atoms with Crippen molar-refractivity contribution in [3.63, 3.8) is 0 Å². The van der Waals surface area contributed by atoms with E-state index in [1.807, 2.05) is 0 Å². The van der Waals surface area contributed by atoms with Gasteiger partial charge in [0.1, 0.15) is 9.63 Å². The van der Waals surface area contributed by atoms with E-state index in [1.54, 1.807) is 0 Å². The van der Waals surface area contributed by atoms with Gasteiger partial charge in [-0.15, -0.1) is 0 Å². The molecule has 0 atom stereocenters. The van der Waals surface area contributed by atoms with Gasteiger partial charge in [-0.25, -0.2) is 4.39 Å². The molecule has 0 aliphatic carbocycles. The van der Waals surface area contributed by atoms with Crippen molar-refractivity contribution in [2.75, 3.05) is 0 Å². The number of aromatic amines is 1. The number of aromatic nitrogens is 1. The van der Waals surface area contributed by atoms with Gasteiger partial charge in [0, 0.05) is 6.20 Å². The molecular formula is C5H2BrClFNO. The van der Waals surface area contributed by atoms with Gasteiger partial charge in [0.2, 0.25) is 5.43 Å². The molecule has 1 heterocycles. The van der Waals surface area contributed by atoms with Crippen LogP contribution in [0.25, 0.3) is 0 Å². The monoisotopic (exact) mass is 225 g/mol. The number of hydrogen-bond donors (Lipinski definition) is 1. The second-order valence-electron chi connectivity index (χ2n) is 1.59. The maximum atomic E-state index is 12.3. The second-order valence-corrected chi connectivity index (χ2v) is 2.76. The first-order valence-electron chi connectivity index (χ1n) is 2.35. The summed E-state index contributed by atoms with van der Waals surface area (Å²) in [5.74, 6) is -0.881. The Balaban J connectivity index is 3.50. The lowest BCUT2D eigenvalue weighted by Gasteiger charge is -1.92. The highest BCUT2D eigenvalue weighted by Gasteiger charge is 2.05. The van der Waals surface area contributed by atoms with Crippen LogP contribution in [0.1, 0.15) is 0 Å². The molecule has 5 heteroatoms. The highest BCUT2D eigenvalue weighted by atomic mass is 79.9. The standard InChI is InChI=1S/C5H2BrClFNO/c6-5-3(7)4(10)2(8)1-9-5/h1H,(H,9,10). The van der Waals surface area contributed by atoms with Gasteiger partial charge in [-0.05, 0) is 15.9 Å². The van der Waals surface area contributed by atoms with Gasteiger partial charge in [0.15, 0.2) is 5.82 Å². The molecule has 1 N–H and O–H groups in total. The SMILES string of the molecule is O=c1c(F)c[nH]c(Br)c1Cl. The fourth-order valence-electron chi connectivity index (χ4n) is 0.460. The van der Waals surface area contributed by atoms with E-state index in [-0.39, 0.29) is 5.02 Å². The lowest BCUT2D eigenvalue weighted by Crippen LogP contribution is -2.07. The molecule has 0 aliphatic rings. The quantitative estimate of drug-likeness (QED) is 0.674. The predicted octanol–water partition coefficient (Wildman–Crippen LogP) is 1.93. The summed E-state index contributed by atoms with van der Waals surface area (Å²) in [5, 5.41) is -0.167. The van der Waals surface area contributed by atoms with Gasteiger partial charge in [-0.2, -0.15) is 0 Å². The van der Waals surface area contributed by atoms with Crippen LogP contribution < -0.4 is 5.43 Å². The van der Waals surface area contributed by atoms with Crippen molar-refractivity contribution in [2.24, 2.45) is 0 Å². The molecule has 0 saturated carbocycles. The Labute approximate surface area is 69.1 Å². The number of pyridine rings is 1. The first-order valence-corrected chi connectivity index (χ1v) is 3.52. The van der Waals surface area contributed by atoms with E-state index in [1.165, 1.54) is 0 Å². The largest absolute Gasteiger partial charge is 0.352 e. The third kappa shape index (κ3) is 1.22. The number of hydrogen-bond acceptors (Lipinski definition) is 1. The minimum atomic E-state index is -0.881. The fraction of sp³-hybridized carbons (Fsp3) is 0. The molecule has 0 bridgehead atoms. The molecule has 0 fully saturated rings. The zero-order chi connectivity index (χ0) is 7.72. The molecule has 54 valence electrons. The first kappa shape index (κ1) is 7.75. The molecule has 0 aromatic carbocycles. The van der Waals surface area contributed by atoms with Gasteiger partial charge in [0.25, 0.3) is 0 Å². The van der Waals surface area contributed by atoms with E-state index in [4.69, 9.17) is 11.6 Å². The van der Waals surface area contributed by atoms with Crippen LogP contribution in [-0.4, -0.2) is 4.98 Å². The summed E-state index contributed by atoms with van der Waals surface area (Å²) in [6.07, 6.45) is 0.943. The van der Waals surface area contributed by atoms with Crippen molar-refractivity contribution >= 4 is 27.5 Å². The van der Waals surface area contributed by atoms with E-state index in [9.17, 15) is 9.18 Å². The molecule has 0 unspecified atom stereocenters. The predicted molar refractivity (Wildman–Crippen MR) is 39.7 cm³/mol. The Kier molecular flexibility index (Phi) is 2.11. The van der Waals surface area contributed by atoms with Crippen LogP contribution in [0.5, 0.6) is 0 Å². The molecule has 2 nitrogen and oxygen atoms in total. The third-order valence-corrected chi connectivity index (χ3v) is 2.15. The van der Waals surface area contributed by atoms with E-state index in [2.05, 4.69) is 20.9 Å². The molecule has 0 saturated heterocycles. The second kappa shape index (κ2) is 2.72. The number of nitrogens with one attached hydrogen (secondary N) is 1. The first-order chi connectivity index (χ1) is 4.63. The van der Waals surface area contributed by atoms with Crippen LogP contribution in [0, 0.1) is 5.82 Å². The molecule has 0 amide bonds. The van der Waals surface area contributed by atoms with Crippen LogP contribution in [0.2, 0.25) is 5.02 Å². The van der Waals surface area contributed by atoms with Crippen LogP contribution in [0.4, 0.5) is 4.39 Å². The average molecular weight is 226 g/mol. The zero-order valence-electron chi connectivity index (χ0n) is 4.62. The van der Waals surface area contributed by atoms with Gasteiger partial charge in [-0.1, -0.05) is 11.6 Å². The van der Waals surface area contributed by atoms with Gasteiger partial charge < -0.3 is 4.98 Å². The Bertz CT molecular complexity index is 311. The lowest BCUT2D eigenvalue weighted by atomic mass is 10.5. The van der Waals surface area contributed by atoms with Crippen molar-refractivity contribution in [3.8, 4) is 0 Å². The van der Waals surface area contributed by atoms with Crippen molar-refractivity contribution in [1.29, 1.82) is 0 Å². The number of halogens is 3. The summed E-state index contributed by atoms with van der Waals surface area (Å²) < 4.78 is 12.6. The molecule has 10 heavy (non-hydrogen) atoms. The Morgan fingerprint density at radius 2 is 2.30 bits per heavy atom. The maximum Gasteiger partial charge on any atom is 0.236 e. The Hall–Kier alpha value is -0.350. The zero-order valence-corrected chi connectivity index (χ0v) is 6.96. The van der Waals surface area contributed by atoms with Gasteiger partial charge in [0.05, 0.1) is 0 Å².